The second kappa shape index (κ2) is 9.45. The first kappa shape index (κ1) is 21.4. The topological polar surface area (TPSA) is 95.8 Å². The maximum atomic E-state index is 12.9. The van der Waals surface area contributed by atoms with Crippen molar-refractivity contribution in [2.75, 3.05) is 39.3 Å². The number of carbonyl (C=O) groups excluding carboxylic acids is 2. The van der Waals surface area contributed by atoms with Gasteiger partial charge in [-0.3, -0.25) is 24.6 Å². The van der Waals surface area contributed by atoms with Crippen molar-refractivity contribution in [2.24, 2.45) is 0 Å². The van der Waals surface area contributed by atoms with Gasteiger partial charge in [-0.1, -0.05) is 6.07 Å². The van der Waals surface area contributed by atoms with Gasteiger partial charge in [-0.25, -0.2) is 4.39 Å². The third-order valence-corrected chi connectivity index (χ3v) is 5.21. The second-order valence-electron chi connectivity index (χ2n) is 7.10. The molecule has 0 radical (unpaired) electrons. The van der Waals surface area contributed by atoms with Crippen LogP contribution in [0, 0.1) is 22.9 Å². The summed E-state index contributed by atoms with van der Waals surface area (Å²) >= 11 is 0. The molecule has 1 aliphatic heterocycles. The summed E-state index contributed by atoms with van der Waals surface area (Å²) < 4.78 is 12.9. The van der Waals surface area contributed by atoms with Crippen molar-refractivity contribution in [2.45, 2.75) is 6.92 Å². The van der Waals surface area contributed by atoms with Crippen molar-refractivity contribution >= 4 is 17.5 Å². The van der Waals surface area contributed by atoms with Crippen molar-refractivity contribution in [1.29, 1.82) is 0 Å². The molecule has 0 unspecified atom stereocenters. The lowest BCUT2D eigenvalue weighted by molar-refractivity contribution is -0.385. The normalized spacial score (nSPS) is 14.4. The van der Waals surface area contributed by atoms with Crippen molar-refractivity contribution in [1.82, 2.24) is 15.1 Å². The lowest BCUT2D eigenvalue weighted by Gasteiger charge is -2.35. The van der Waals surface area contributed by atoms with Crippen LogP contribution in [0.3, 0.4) is 0 Å². The van der Waals surface area contributed by atoms with Crippen LogP contribution in [0.4, 0.5) is 10.1 Å². The molecule has 0 aliphatic carbocycles. The molecule has 0 spiro atoms. The summed E-state index contributed by atoms with van der Waals surface area (Å²) in [7, 11) is 0. The number of carbonyl (C=O) groups is 2. The third-order valence-electron chi connectivity index (χ3n) is 5.21. The van der Waals surface area contributed by atoms with Crippen LogP contribution in [0.2, 0.25) is 0 Å². The van der Waals surface area contributed by atoms with Gasteiger partial charge in [0.1, 0.15) is 5.82 Å². The Morgan fingerprint density at radius 2 is 1.77 bits per heavy atom. The van der Waals surface area contributed by atoms with Gasteiger partial charge in [0.05, 0.1) is 4.92 Å². The fraction of sp³-hybridized carbons (Fsp3) is 0.333. The Morgan fingerprint density at radius 3 is 2.40 bits per heavy atom. The lowest BCUT2D eigenvalue weighted by atomic mass is 10.1. The van der Waals surface area contributed by atoms with E-state index in [1.807, 2.05) is 0 Å². The highest BCUT2D eigenvalue weighted by atomic mass is 19.1. The van der Waals surface area contributed by atoms with Crippen LogP contribution < -0.4 is 5.32 Å². The van der Waals surface area contributed by atoms with Crippen molar-refractivity contribution in [3.8, 4) is 0 Å². The SMILES string of the molecule is Cc1c(C(=O)N2CCN(CCNC(=O)c3ccc(F)cc3)CC2)cccc1[N+](=O)[O-]. The van der Waals surface area contributed by atoms with Crippen LogP contribution in [0.25, 0.3) is 0 Å². The summed E-state index contributed by atoms with van der Waals surface area (Å²) in [6.45, 7) is 4.96. The fourth-order valence-electron chi connectivity index (χ4n) is 3.43. The monoisotopic (exact) mass is 414 g/mol. The number of nitrogens with one attached hydrogen (secondary N) is 1. The molecule has 9 heteroatoms. The number of amides is 2. The van der Waals surface area contributed by atoms with E-state index >= 15 is 0 Å². The molecular weight excluding hydrogens is 391 g/mol. The van der Waals surface area contributed by atoms with Crippen LogP contribution >= 0.6 is 0 Å². The molecule has 158 valence electrons. The number of hydrogen-bond acceptors (Lipinski definition) is 5. The van der Waals surface area contributed by atoms with Gasteiger partial charge in [0.25, 0.3) is 17.5 Å². The van der Waals surface area contributed by atoms with E-state index in [9.17, 15) is 24.1 Å². The first-order chi connectivity index (χ1) is 14.4. The standard InChI is InChI=1S/C21H23FN4O4/c1-15-18(3-2-4-19(15)26(29)30)21(28)25-13-11-24(12-14-25)10-9-23-20(27)16-5-7-17(22)8-6-16/h2-8H,9-14H2,1H3,(H,23,27). The Hall–Kier alpha value is -3.33. The number of hydrogen-bond donors (Lipinski definition) is 1. The summed E-state index contributed by atoms with van der Waals surface area (Å²) in [5, 5.41) is 13.9. The summed E-state index contributed by atoms with van der Waals surface area (Å²) in [5.41, 5.74) is 1.07. The molecule has 1 N–H and O–H groups in total. The van der Waals surface area contributed by atoms with E-state index in [0.717, 1.165) is 0 Å². The first-order valence-electron chi connectivity index (χ1n) is 9.66. The molecule has 2 aromatic rings. The summed E-state index contributed by atoms with van der Waals surface area (Å²) in [5.74, 6) is -0.857. The Bertz CT molecular complexity index is 941. The van der Waals surface area contributed by atoms with Gasteiger partial charge in [-0.05, 0) is 37.3 Å². The van der Waals surface area contributed by atoms with E-state index in [1.165, 1.54) is 36.4 Å². The van der Waals surface area contributed by atoms with E-state index < -0.39 is 4.92 Å². The molecule has 1 fully saturated rings. The molecule has 0 saturated carbocycles. The zero-order valence-electron chi connectivity index (χ0n) is 16.6. The Labute approximate surface area is 173 Å². The van der Waals surface area contributed by atoms with Crippen LogP contribution in [0.1, 0.15) is 26.3 Å². The maximum absolute atomic E-state index is 12.9. The number of nitro groups is 1. The summed E-state index contributed by atoms with van der Waals surface area (Å²) in [6.07, 6.45) is 0. The van der Waals surface area contributed by atoms with Crippen molar-refractivity contribution in [3.05, 3.63) is 75.1 Å². The Morgan fingerprint density at radius 1 is 1.10 bits per heavy atom. The van der Waals surface area contributed by atoms with Crippen LogP contribution in [0.5, 0.6) is 0 Å². The Kier molecular flexibility index (Phi) is 6.73. The minimum atomic E-state index is -0.482. The second-order valence-corrected chi connectivity index (χ2v) is 7.10. The largest absolute Gasteiger partial charge is 0.351 e. The van der Waals surface area contributed by atoms with Gasteiger partial charge in [0.2, 0.25) is 0 Å². The Balaban J connectivity index is 1.47. The summed E-state index contributed by atoms with van der Waals surface area (Å²) in [4.78, 5) is 39.3. The molecule has 8 nitrogen and oxygen atoms in total. The van der Waals surface area contributed by atoms with E-state index in [0.29, 0.717) is 56.0 Å². The van der Waals surface area contributed by atoms with Crippen LogP contribution in [-0.2, 0) is 0 Å². The average molecular weight is 414 g/mol. The molecule has 1 aliphatic rings. The molecule has 0 bridgehead atoms. The number of rotatable bonds is 6. The molecule has 0 aromatic heterocycles. The minimum Gasteiger partial charge on any atom is -0.351 e. The van der Waals surface area contributed by atoms with Crippen LogP contribution in [0.15, 0.2) is 42.5 Å². The van der Waals surface area contributed by atoms with Crippen molar-refractivity contribution in [3.63, 3.8) is 0 Å². The minimum absolute atomic E-state index is 0.0589. The molecule has 3 rings (SSSR count). The van der Waals surface area contributed by atoms with Gasteiger partial charge in [0, 0.05) is 62.0 Å². The molecule has 1 saturated heterocycles. The fourth-order valence-corrected chi connectivity index (χ4v) is 3.43. The van der Waals surface area contributed by atoms with E-state index in [-0.39, 0.29) is 23.3 Å². The number of halogens is 1. The van der Waals surface area contributed by atoms with E-state index in [4.69, 9.17) is 0 Å². The number of piperazine rings is 1. The predicted molar refractivity (Wildman–Crippen MR) is 109 cm³/mol. The molecule has 2 aromatic carbocycles. The predicted octanol–water partition coefficient (Wildman–Crippen LogP) is 2.23. The molecule has 2 amide bonds. The smallest absolute Gasteiger partial charge is 0.273 e. The molecular formula is C21H23FN4O4. The van der Waals surface area contributed by atoms with E-state index in [2.05, 4.69) is 10.2 Å². The highest BCUT2D eigenvalue weighted by Gasteiger charge is 2.25. The zero-order valence-corrected chi connectivity index (χ0v) is 16.6. The van der Waals surface area contributed by atoms with E-state index in [1.54, 1.807) is 17.9 Å². The molecule has 1 heterocycles. The van der Waals surface area contributed by atoms with Crippen LogP contribution in [-0.4, -0.2) is 65.8 Å². The quantitative estimate of drug-likeness (QED) is 0.578. The van der Waals surface area contributed by atoms with Gasteiger partial charge < -0.3 is 10.2 Å². The van der Waals surface area contributed by atoms with Gasteiger partial charge >= 0.3 is 0 Å². The van der Waals surface area contributed by atoms with Gasteiger partial charge in [-0.2, -0.15) is 0 Å². The molecule has 30 heavy (non-hydrogen) atoms. The summed E-state index contributed by atoms with van der Waals surface area (Å²) in [6, 6.07) is 9.89. The lowest BCUT2D eigenvalue weighted by Crippen LogP contribution is -2.50. The maximum Gasteiger partial charge on any atom is 0.273 e. The third kappa shape index (κ3) is 4.98. The van der Waals surface area contributed by atoms with Gasteiger partial charge in [-0.15, -0.1) is 0 Å². The number of benzene rings is 2. The van der Waals surface area contributed by atoms with Crippen molar-refractivity contribution < 1.29 is 18.9 Å². The number of nitrogens with zero attached hydrogens (tertiary/aromatic N) is 3. The highest BCUT2D eigenvalue weighted by molar-refractivity contribution is 5.96. The molecule has 0 atom stereocenters. The van der Waals surface area contributed by atoms with Gasteiger partial charge in [0.15, 0.2) is 0 Å². The zero-order chi connectivity index (χ0) is 21.7. The highest BCUT2D eigenvalue weighted by Crippen LogP contribution is 2.22. The number of nitro benzene ring substituents is 1. The first-order valence-corrected chi connectivity index (χ1v) is 9.66. The average Bonchev–Trinajstić information content (AvgIpc) is 2.74.